The lowest BCUT2D eigenvalue weighted by Crippen LogP contribution is -2.38. The summed E-state index contributed by atoms with van der Waals surface area (Å²) in [6.07, 6.45) is 5.96. The van der Waals surface area contributed by atoms with Crippen LogP contribution >= 0.6 is 22.6 Å². The largest absolute Gasteiger partial charge is 0.484 e. The van der Waals surface area contributed by atoms with Crippen molar-refractivity contribution < 1.29 is 9.53 Å². The predicted molar refractivity (Wildman–Crippen MR) is 79.7 cm³/mol. The molecule has 0 saturated heterocycles. The highest BCUT2D eigenvalue weighted by Crippen LogP contribution is 2.17. The summed E-state index contributed by atoms with van der Waals surface area (Å²) >= 11 is 2.24. The maximum atomic E-state index is 11.7. The molecule has 0 spiro atoms. The van der Waals surface area contributed by atoms with Crippen molar-refractivity contribution in [1.29, 1.82) is 0 Å². The third-order valence-corrected chi connectivity index (χ3v) is 3.87. The van der Waals surface area contributed by atoms with E-state index >= 15 is 0 Å². The van der Waals surface area contributed by atoms with Crippen LogP contribution in [0.2, 0.25) is 0 Å². The Kier molecular flexibility index (Phi) is 5.28. The molecule has 1 amide bonds. The predicted octanol–water partition coefficient (Wildman–Crippen LogP) is 3.12. The second-order valence-electron chi connectivity index (χ2n) is 4.65. The van der Waals surface area contributed by atoms with Crippen molar-refractivity contribution in [2.75, 3.05) is 6.61 Å². The van der Waals surface area contributed by atoms with Gasteiger partial charge in [0, 0.05) is 9.61 Å². The number of benzene rings is 1. The molecule has 2 rings (SSSR count). The quantitative estimate of drug-likeness (QED) is 0.839. The molecule has 0 aromatic heterocycles. The molecule has 4 heteroatoms. The van der Waals surface area contributed by atoms with Crippen LogP contribution in [0.3, 0.4) is 0 Å². The van der Waals surface area contributed by atoms with Crippen molar-refractivity contribution in [3.05, 3.63) is 27.8 Å². The molecule has 1 N–H and O–H groups in total. The van der Waals surface area contributed by atoms with Crippen LogP contribution in [0, 0.1) is 3.57 Å². The fourth-order valence-corrected chi connectivity index (χ4v) is 2.56. The van der Waals surface area contributed by atoms with Gasteiger partial charge in [0.15, 0.2) is 6.61 Å². The number of amides is 1. The molecule has 1 aliphatic rings. The van der Waals surface area contributed by atoms with Crippen molar-refractivity contribution >= 4 is 28.5 Å². The number of halogens is 1. The third kappa shape index (κ3) is 4.48. The van der Waals surface area contributed by atoms with Gasteiger partial charge in [-0.15, -0.1) is 0 Å². The van der Waals surface area contributed by atoms with Crippen molar-refractivity contribution in [1.82, 2.24) is 5.32 Å². The van der Waals surface area contributed by atoms with Gasteiger partial charge in [0.1, 0.15) is 5.75 Å². The van der Waals surface area contributed by atoms with Gasteiger partial charge in [-0.2, -0.15) is 0 Å². The summed E-state index contributed by atoms with van der Waals surface area (Å²) in [5.74, 6) is 0.731. The molecule has 0 aliphatic heterocycles. The number of carbonyl (C=O) groups excluding carboxylic acids is 1. The Bertz CT molecular complexity index is 385. The van der Waals surface area contributed by atoms with E-state index in [-0.39, 0.29) is 12.5 Å². The highest BCUT2D eigenvalue weighted by molar-refractivity contribution is 14.1. The molecule has 0 heterocycles. The maximum absolute atomic E-state index is 11.7. The molecule has 1 saturated carbocycles. The van der Waals surface area contributed by atoms with Gasteiger partial charge >= 0.3 is 0 Å². The van der Waals surface area contributed by atoms with Crippen LogP contribution in [0.4, 0.5) is 0 Å². The highest BCUT2D eigenvalue weighted by Gasteiger charge is 2.15. The van der Waals surface area contributed by atoms with Gasteiger partial charge in [-0.3, -0.25) is 4.79 Å². The number of carbonyl (C=O) groups is 1. The Hall–Kier alpha value is -0.780. The second-order valence-corrected chi connectivity index (χ2v) is 5.89. The van der Waals surface area contributed by atoms with Crippen molar-refractivity contribution in [2.45, 2.75) is 38.1 Å². The van der Waals surface area contributed by atoms with Gasteiger partial charge in [0.05, 0.1) is 0 Å². The standard InChI is InChI=1S/C14H18INO2/c15-11-6-8-13(9-7-11)18-10-14(17)16-12-4-2-1-3-5-12/h6-9,12H,1-5,10H2,(H,16,17). The van der Waals surface area contributed by atoms with Gasteiger partial charge in [0.25, 0.3) is 5.91 Å². The molecule has 1 aliphatic carbocycles. The summed E-state index contributed by atoms with van der Waals surface area (Å²) in [5, 5.41) is 3.04. The van der Waals surface area contributed by atoms with E-state index in [1.165, 1.54) is 19.3 Å². The van der Waals surface area contributed by atoms with E-state index in [0.29, 0.717) is 6.04 Å². The van der Waals surface area contributed by atoms with Gasteiger partial charge < -0.3 is 10.1 Å². The van der Waals surface area contributed by atoms with Crippen LogP contribution in [-0.2, 0) is 4.79 Å². The Morgan fingerprint density at radius 3 is 2.56 bits per heavy atom. The zero-order valence-corrected chi connectivity index (χ0v) is 12.5. The van der Waals surface area contributed by atoms with E-state index < -0.39 is 0 Å². The molecular formula is C14H18INO2. The van der Waals surface area contributed by atoms with Crippen LogP contribution in [0.5, 0.6) is 5.75 Å². The van der Waals surface area contributed by atoms with Crippen molar-refractivity contribution in [3.8, 4) is 5.75 Å². The topological polar surface area (TPSA) is 38.3 Å². The molecule has 98 valence electrons. The van der Waals surface area contributed by atoms with E-state index in [4.69, 9.17) is 4.74 Å². The van der Waals surface area contributed by atoms with E-state index in [9.17, 15) is 4.79 Å². The number of ether oxygens (including phenoxy) is 1. The monoisotopic (exact) mass is 359 g/mol. The number of rotatable bonds is 4. The summed E-state index contributed by atoms with van der Waals surface area (Å²) in [5.41, 5.74) is 0. The Morgan fingerprint density at radius 1 is 1.22 bits per heavy atom. The first-order chi connectivity index (χ1) is 8.74. The highest BCUT2D eigenvalue weighted by atomic mass is 127. The Balaban J connectivity index is 1.72. The normalized spacial score (nSPS) is 16.3. The Morgan fingerprint density at radius 2 is 1.89 bits per heavy atom. The van der Waals surface area contributed by atoms with Gasteiger partial charge in [-0.1, -0.05) is 19.3 Å². The molecule has 0 bridgehead atoms. The van der Waals surface area contributed by atoms with Gasteiger partial charge in [-0.05, 0) is 59.7 Å². The molecule has 1 fully saturated rings. The van der Waals surface area contributed by atoms with E-state index in [0.717, 1.165) is 22.2 Å². The van der Waals surface area contributed by atoms with Crippen LogP contribution < -0.4 is 10.1 Å². The molecule has 0 atom stereocenters. The summed E-state index contributed by atoms with van der Waals surface area (Å²) < 4.78 is 6.61. The lowest BCUT2D eigenvalue weighted by Gasteiger charge is -2.22. The van der Waals surface area contributed by atoms with Gasteiger partial charge in [0.2, 0.25) is 0 Å². The molecule has 1 aromatic rings. The summed E-state index contributed by atoms with van der Waals surface area (Å²) in [4.78, 5) is 11.7. The maximum Gasteiger partial charge on any atom is 0.258 e. The number of hydrogen-bond donors (Lipinski definition) is 1. The third-order valence-electron chi connectivity index (χ3n) is 3.15. The Labute approximate surface area is 121 Å². The fraction of sp³-hybridized carbons (Fsp3) is 0.500. The first-order valence-corrected chi connectivity index (χ1v) is 7.49. The summed E-state index contributed by atoms with van der Waals surface area (Å²) in [7, 11) is 0. The minimum absolute atomic E-state index is 0.0135. The molecule has 18 heavy (non-hydrogen) atoms. The zero-order valence-electron chi connectivity index (χ0n) is 10.3. The smallest absolute Gasteiger partial charge is 0.258 e. The minimum Gasteiger partial charge on any atom is -0.484 e. The second kappa shape index (κ2) is 6.97. The van der Waals surface area contributed by atoms with E-state index in [1.807, 2.05) is 24.3 Å². The van der Waals surface area contributed by atoms with E-state index in [2.05, 4.69) is 27.9 Å². The van der Waals surface area contributed by atoms with Crippen LogP contribution in [0.25, 0.3) is 0 Å². The average Bonchev–Trinajstić information content (AvgIpc) is 2.39. The van der Waals surface area contributed by atoms with Gasteiger partial charge in [-0.25, -0.2) is 0 Å². The molecule has 3 nitrogen and oxygen atoms in total. The SMILES string of the molecule is O=C(COc1ccc(I)cc1)NC1CCCCC1. The molecular weight excluding hydrogens is 341 g/mol. The lowest BCUT2D eigenvalue weighted by atomic mass is 9.95. The number of nitrogens with one attached hydrogen (secondary N) is 1. The van der Waals surface area contributed by atoms with Crippen LogP contribution in [-0.4, -0.2) is 18.6 Å². The molecule has 1 aromatic carbocycles. The van der Waals surface area contributed by atoms with Crippen LogP contribution in [0.15, 0.2) is 24.3 Å². The molecule has 0 radical (unpaired) electrons. The van der Waals surface area contributed by atoms with Crippen molar-refractivity contribution in [2.24, 2.45) is 0 Å². The van der Waals surface area contributed by atoms with Crippen molar-refractivity contribution in [3.63, 3.8) is 0 Å². The first kappa shape index (κ1) is 13.6. The zero-order chi connectivity index (χ0) is 12.8. The number of hydrogen-bond acceptors (Lipinski definition) is 2. The summed E-state index contributed by atoms with van der Waals surface area (Å²) in [6, 6.07) is 8.06. The molecule has 0 unspecified atom stereocenters. The average molecular weight is 359 g/mol. The summed E-state index contributed by atoms with van der Waals surface area (Å²) in [6.45, 7) is 0.108. The lowest BCUT2D eigenvalue weighted by molar-refractivity contribution is -0.124. The first-order valence-electron chi connectivity index (χ1n) is 6.42. The van der Waals surface area contributed by atoms with Crippen LogP contribution in [0.1, 0.15) is 32.1 Å². The van der Waals surface area contributed by atoms with E-state index in [1.54, 1.807) is 0 Å². The minimum atomic E-state index is -0.0135. The fourth-order valence-electron chi connectivity index (χ4n) is 2.20.